The highest BCUT2D eigenvalue weighted by Crippen LogP contribution is 2.36. The Morgan fingerprint density at radius 1 is 1.25 bits per heavy atom. The number of aromatic nitrogens is 4. The zero-order chi connectivity index (χ0) is 14.0. The van der Waals surface area contributed by atoms with Gasteiger partial charge in [-0.1, -0.05) is 19.9 Å². The van der Waals surface area contributed by atoms with Crippen LogP contribution in [-0.2, 0) is 0 Å². The summed E-state index contributed by atoms with van der Waals surface area (Å²) in [6.45, 7) is 4.73. The van der Waals surface area contributed by atoms with Gasteiger partial charge in [-0.05, 0) is 59.7 Å². The van der Waals surface area contributed by atoms with Crippen LogP contribution in [0.1, 0.15) is 39.5 Å². The van der Waals surface area contributed by atoms with E-state index in [4.69, 9.17) is 0 Å². The molecule has 1 aliphatic rings. The molecule has 1 aromatic carbocycles. The highest BCUT2D eigenvalue weighted by molar-refractivity contribution is 5.51. The van der Waals surface area contributed by atoms with Gasteiger partial charge in [-0.25, -0.2) is 4.68 Å². The van der Waals surface area contributed by atoms with Gasteiger partial charge in [-0.2, -0.15) is 0 Å². The van der Waals surface area contributed by atoms with Crippen LogP contribution in [0.3, 0.4) is 0 Å². The summed E-state index contributed by atoms with van der Waals surface area (Å²) in [5, 5.41) is 14.9. The third-order valence-corrected chi connectivity index (χ3v) is 4.17. The largest absolute Gasteiger partial charge is 0.382 e. The van der Waals surface area contributed by atoms with Crippen molar-refractivity contribution in [1.29, 1.82) is 0 Å². The molecule has 2 aromatic rings. The van der Waals surface area contributed by atoms with Crippen LogP contribution in [0.25, 0.3) is 5.69 Å². The van der Waals surface area contributed by atoms with E-state index in [1.165, 1.54) is 25.7 Å². The van der Waals surface area contributed by atoms with Crippen molar-refractivity contribution in [2.75, 3.05) is 5.32 Å². The van der Waals surface area contributed by atoms with E-state index in [0.29, 0.717) is 11.5 Å². The summed E-state index contributed by atoms with van der Waals surface area (Å²) < 4.78 is 1.68. The second-order valence-corrected chi connectivity index (χ2v) is 6.39. The van der Waals surface area contributed by atoms with Crippen molar-refractivity contribution >= 4 is 5.69 Å². The Labute approximate surface area is 119 Å². The molecule has 1 saturated carbocycles. The monoisotopic (exact) mass is 271 g/mol. The van der Waals surface area contributed by atoms with Crippen molar-refractivity contribution in [2.45, 2.75) is 45.6 Å². The van der Waals surface area contributed by atoms with Crippen LogP contribution in [0, 0.1) is 5.41 Å². The van der Waals surface area contributed by atoms with E-state index in [0.717, 1.165) is 11.4 Å². The summed E-state index contributed by atoms with van der Waals surface area (Å²) in [4.78, 5) is 0. The molecule has 1 N–H and O–H groups in total. The lowest BCUT2D eigenvalue weighted by Crippen LogP contribution is -2.29. The molecule has 3 rings (SSSR count). The molecule has 0 unspecified atom stereocenters. The lowest BCUT2D eigenvalue weighted by molar-refractivity contribution is 0.232. The number of nitrogens with one attached hydrogen (secondary N) is 1. The number of tetrazole rings is 1. The van der Waals surface area contributed by atoms with Gasteiger partial charge in [-0.15, -0.1) is 5.10 Å². The molecule has 5 heteroatoms. The summed E-state index contributed by atoms with van der Waals surface area (Å²) in [6, 6.07) is 8.81. The predicted octanol–water partition coefficient (Wildman–Crippen LogP) is 3.04. The van der Waals surface area contributed by atoms with E-state index in [9.17, 15) is 0 Å². The normalized spacial score (nSPS) is 18.9. The van der Waals surface area contributed by atoms with Gasteiger partial charge in [0.25, 0.3) is 0 Å². The number of benzene rings is 1. The zero-order valence-corrected chi connectivity index (χ0v) is 12.1. The highest BCUT2D eigenvalue weighted by atomic mass is 15.5. The molecule has 0 saturated heterocycles. The molecule has 0 atom stereocenters. The number of hydrogen-bond acceptors (Lipinski definition) is 4. The summed E-state index contributed by atoms with van der Waals surface area (Å²) >= 11 is 0. The second-order valence-electron chi connectivity index (χ2n) is 6.39. The average molecular weight is 271 g/mol. The standard InChI is InChI=1S/C15H21N5/c1-15(2)8-6-12(7-9-15)17-13-4-3-5-14(10-13)20-11-16-18-19-20/h3-5,10-12,17H,6-9H2,1-2H3. The summed E-state index contributed by atoms with van der Waals surface area (Å²) in [6.07, 6.45) is 6.67. The molecule has 1 aromatic heterocycles. The van der Waals surface area contributed by atoms with Gasteiger partial charge in [0, 0.05) is 11.7 Å². The maximum atomic E-state index is 3.92. The van der Waals surface area contributed by atoms with Crippen molar-refractivity contribution in [3.05, 3.63) is 30.6 Å². The maximum Gasteiger partial charge on any atom is 0.143 e. The molecular weight excluding hydrogens is 250 g/mol. The Balaban J connectivity index is 1.68. The van der Waals surface area contributed by atoms with Crippen LogP contribution in [0.5, 0.6) is 0 Å². The van der Waals surface area contributed by atoms with Crippen LogP contribution >= 0.6 is 0 Å². The topological polar surface area (TPSA) is 55.6 Å². The number of nitrogens with zero attached hydrogens (tertiary/aromatic N) is 4. The predicted molar refractivity (Wildman–Crippen MR) is 78.8 cm³/mol. The first-order valence-electron chi connectivity index (χ1n) is 7.22. The van der Waals surface area contributed by atoms with E-state index in [1.807, 2.05) is 12.1 Å². The number of anilines is 1. The van der Waals surface area contributed by atoms with Gasteiger partial charge < -0.3 is 5.32 Å². The third-order valence-electron chi connectivity index (χ3n) is 4.17. The first kappa shape index (κ1) is 13.1. The van der Waals surface area contributed by atoms with E-state index in [1.54, 1.807) is 11.0 Å². The number of hydrogen-bond donors (Lipinski definition) is 1. The van der Waals surface area contributed by atoms with Crippen LogP contribution in [0.15, 0.2) is 30.6 Å². The fourth-order valence-corrected chi connectivity index (χ4v) is 2.80. The zero-order valence-electron chi connectivity index (χ0n) is 12.1. The van der Waals surface area contributed by atoms with Gasteiger partial charge in [0.1, 0.15) is 6.33 Å². The van der Waals surface area contributed by atoms with Gasteiger partial charge >= 0.3 is 0 Å². The van der Waals surface area contributed by atoms with E-state index >= 15 is 0 Å². The molecule has 1 fully saturated rings. The Morgan fingerprint density at radius 2 is 2.05 bits per heavy atom. The van der Waals surface area contributed by atoms with Crippen molar-refractivity contribution < 1.29 is 0 Å². The van der Waals surface area contributed by atoms with Crippen LogP contribution in [-0.4, -0.2) is 26.2 Å². The Kier molecular flexibility index (Phi) is 3.42. The summed E-state index contributed by atoms with van der Waals surface area (Å²) in [5.41, 5.74) is 2.63. The minimum atomic E-state index is 0.506. The first-order valence-corrected chi connectivity index (χ1v) is 7.22. The minimum absolute atomic E-state index is 0.506. The Morgan fingerprint density at radius 3 is 2.75 bits per heavy atom. The molecule has 0 aliphatic heterocycles. The molecule has 0 radical (unpaired) electrons. The minimum Gasteiger partial charge on any atom is -0.382 e. The smallest absolute Gasteiger partial charge is 0.143 e. The quantitative estimate of drug-likeness (QED) is 0.932. The fraction of sp³-hybridized carbons (Fsp3) is 0.533. The fourth-order valence-electron chi connectivity index (χ4n) is 2.80. The van der Waals surface area contributed by atoms with Crippen molar-refractivity contribution in [3.63, 3.8) is 0 Å². The molecule has 0 amide bonds. The van der Waals surface area contributed by atoms with Crippen LogP contribution < -0.4 is 5.32 Å². The van der Waals surface area contributed by atoms with Gasteiger partial charge in [0.05, 0.1) is 5.69 Å². The summed E-state index contributed by atoms with van der Waals surface area (Å²) in [5.74, 6) is 0. The van der Waals surface area contributed by atoms with Crippen molar-refractivity contribution in [3.8, 4) is 5.69 Å². The van der Waals surface area contributed by atoms with Gasteiger partial charge in [0.2, 0.25) is 0 Å². The maximum absolute atomic E-state index is 3.92. The Hall–Kier alpha value is -1.91. The van der Waals surface area contributed by atoms with Crippen LogP contribution in [0.2, 0.25) is 0 Å². The van der Waals surface area contributed by atoms with E-state index in [2.05, 4.69) is 46.8 Å². The molecular formula is C15H21N5. The van der Waals surface area contributed by atoms with Gasteiger partial charge in [0.15, 0.2) is 0 Å². The molecule has 20 heavy (non-hydrogen) atoms. The lowest BCUT2D eigenvalue weighted by Gasteiger charge is -2.35. The van der Waals surface area contributed by atoms with Crippen LogP contribution in [0.4, 0.5) is 5.69 Å². The van der Waals surface area contributed by atoms with Gasteiger partial charge in [-0.3, -0.25) is 0 Å². The molecule has 5 nitrogen and oxygen atoms in total. The van der Waals surface area contributed by atoms with Crippen molar-refractivity contribution in [2.24, 2.45) is 5.41 Å². The average Bonchev–Trinajstić information content (AvgIpc) is 2.96. The van der Waals surface area contributed by atoms with E-state index < -0.39 is 0 Å². The molecule has 106 valence electrons. The third kappa shape index (κ3) is 2.98. The first-order chi connectivity index (χ1) is 9.62. The second kappa shape index (κ2) is 5.23. The molecule has 1 heterocycles. The lowest BCUT2D eigenvalue weighted by atomic mass is 9.75. The Bertz CT molecular complexity index is 551. The SMILES string of the molecule is CC1(C)CCC(Nc2cccc(-n3cnnn3)c2)CC1. The number of rotatable bonds is 3. The van der Waals surface area contributed by atoms with Crippen molar-refractivity contribution in [1.82, 2.24) is 20.2 Å². The highest BCUT2D eigenvalue weighted by Gasteiger charge is 2.26. The molecule has 1 aliphatic carbocycles. The van der Waals surface area contributed by atoms with E-state index in [-0.39, 0.29) is 0 Å². The molecule has 0 spiro atoms. The molecule has 0 bridgehead atoms. The summed E-state index contributed by atoms with van der Waals surface area (Å²) in [7, 11) is 0.